The third-order valence-electron chi connectivity index (χ3n) is 2.11. The van der Waals surface area contributed by atoms with Crippen LogP contribution in [0.5, 0.6) is 0 Å². The van der Waals surface area contributed by atoms with E-state index < -0.39 is 0 Å². The van der Waals surface area contributed by atoms with Gasteiger partial charge in [-0.25, -0.2) is 0 Å². The molecule has 2 N–H and O–H groups in total. The molecule has 11 heavy (non-hydrogen) atoms. The summed E-state index contributed by atoms with van der Waals surface area (Å²) in [6, 6.07) is -0.102. The number of nitrogens with one attached hydrogen (secondary N) is 1. The van der Waals surface area contributed by atoms with E-state index in [9.17, 15) is 4.79 Å². The summed E-state index contributed by atoms with van der Waals surface area (Å²) in [5.41, 5.74) is 0. The normalized spacial score (nSPS) is 31.2. The van der Waals surface area contributed by atoms with E-state index in [2.05, 4.69) is 12.2 Å². The van der Waals surface area contributed by atoms with Crippen molar-refractivity contribution in [2.75, 3.05) is 6.61 Å². The highest BCUT2D eigenvalue weighted by Crippen LogP contribution is 2.37. The lowest BCUT2D eigenvalue weighted by Crippen LogP contribution is -2.36. The topological polar surface area (TPSA) is 49.3 Å². The monoisotopic (exact) mass is 157 g/mol. The zero-order valence-electron chi connectivity index (χ0n) is 7.00. The first-order valence-corrected chi connectivity index (χ1v) is 4.06. The van der Waals surface area contributed by atoms with Gasteiger partial charge in [-0.15, -0.1) is 0 Å². The molecular formula is C8H15NO2. The van der Waals surface area contributed by atoms with E-state index in [1.165, 1.54) is 0 Å². The number of hydrogen-bond acceptors (Lipinski definition) is 2. The van der Waals surface area contributed by atoms with Crippen molar-refractivity contribution in [2.45, 2.75) is 26.3 Å². The Morgan fingerprint density at radius 1 is 1.82 bits per heavy atom. The van der Waals surface area contributed by atoms with Gasteiger partial charge in [-0.05, 0) is 19.3 Å². The van der Waals surface area contributed by atoms with Crippen LogP contribution in [-0.4, -0.2) is 23.7 Å². The molecule has 3 atom stereocenters. The van der Waals surface area contributed by atoms with Crippen LogP contribution in [0.4, 0.5) is 0 Å². The third-order valence-corrected chi connectivity index (χ3v) is 2.11. The summed E-state index contributed by atoms with van der Waals surface area (Å²) in [5, 5.41) is 11.4. The molecule has 1 saturated carbocycles. The summed E-state index contributed by atoms with van der Waals surface area (Å²) in [4.78, 5) is 11.2. The fraction of sp³-hybridized carbons (Fsp3) is 0.875. The van der Waals surface area contributed by atoms with Gasteiger partial charge in [0.05, 0.1) is 6.61 Å². The summed E-state index contributed by atoms with van der Waals surface area (Å²) in [6.07, 6.45) is 1.00. The van der Waals surface area contributed by atoms with Gasteiger partial charge >= 0.3 is 0 Å². The summed E-state index contributed by atoms with van der Waals surface area (Å²) in [6.45, 7) is 3.88. The van der Waals surface area contributed by atoms with Gasteiger partial charge in [0, 0.05) is 12.0 Å². The molecule has 0 saturated heterocycles. The molecule has 0 aromatic heterocycles. The van der Waals surface area contributed by atoms with Gasteiger partial charge in [-0.3, -0.25) is 4.79 Å². The van der Waals surface area contributed by atoms with Crippen molar-refractivity contribution in [3.05, 3.63) is 0 Å². The molecule has 1 aliphatic carbocycles. The number of hydrogen-bond donors (Lipinski definition) is 2. The minimum atomic E-state index is -0.102. The second kappa shape index (κ2) is 3.22. The first kappa shape index (κ1) is 8.53. The Kier molecular flexibility index (Phi) is 2.49. The molecule has 0 aliphatic heterocycles. The van der Waals surface area contributed by atoms with Crippen molar-refractivity contribution in [3.63, 3.8) is 0 Å². The van der Waals surface area contributed by atoms with Crippen molar-refractivity contribution < 1.29 is 9.90 Å². The van der Waals surface area contributed by atoms with Crippen LogP contribution in [0.15, 0.2) is 0 Å². The molecule has 1 aliphatic rings. The lowest BCUT2D eigenvalue weighted by atomic mass is 10.3. The maximum Gasteiger partial charge on any atom is 0.223 e. The fourth-order valence-corrected chi connectivity index (χ4v) is 1.08. The predicted molar refractivity (Wildman–Crippen MR) is 42.0 cm³/mol. The van der Waals surface area contributed by atoms with Crippen LogP contribution >= 0.6 is 0 Å². The van der Waals surface area contributed by atoms with Gasteiger partial charge in [-0.2, -0.15) is 0 Å². The Balaban J connectivity index is 2.21. The second-order valence-corrected chi connectivity index (χ2v) is 3.41. The minimum absolute atomic E-state index is 0.0207. The molecular weight excluding hydrogens is 142 g/mol. The molecule has 3 heteroatoms. The van der Waals surface area contributed by atoms with Gasteiger partial charge in [0.2, 0.25) is 5.91 Å². The summed E-state index contributed by atoms with van der Waals surface area (Å²) in [7, 11) is 0. The number of carbonyl (C=O) groups is 1. The number of amides is 1. The number of aliphatic hydroxyl groups excluding tert-OH is 1. The largest absolute Gasteiger partial charge is 0.394 e. The highest BCUT2D eigenvalue weighted by atomic mass is 16.3. The molecule has 1 rings (SSSR count). The number of rotatable bonds is 3. The SMILES string of the molecule is CC1CC1C(=O)N[C@H](C)CO. The van der Waals surface area contributed by atoms with Crippen molar-refractivity contribution in [1.29, 1.82) is 0 Å². The minimum Gasteiger partial charge on any atom is -0.394 e. The van der Waals surface area contributed by atoms with E-state index in [0.717, 1.165) is 6.42 Å². The quantitative estimate of drug-likeness (QED) is 0.612. The van der Waals surface area contributed by atoms with Crippen molar-refractivity contribution in [2.24, 2.45) is 11.8 Å². The Morgan fingerprint density at radius 3 is 2.73 bits per heavy atom. The molecule has 0 spiro atoms. The smallest absolute Gasteiger partial charge is 0.223 e. The van der Waals surface area contributed by atoms with Crippen LogP contribution in [0, 0.1) is 11.8 Å². The van der Waals surface area contributed by atoms with E-state index in [-0.39, 0.29) is 24.5 Å². The molecule has 0 aromatic rings. The van der Waals surface area contributed by atoms with Crippen LogP contribution in [0.25, 0.3) is 0 Å². The van der Waals surface area contributed by atoms with Gasteiger partial charge in [0.25, 0.3) is 0 Å². The molecule has 0 radical (unpaired) electrons. The summed E-state index contributed by atoms with van der Waals surface area (Å²) >= 11 is 0. The van der Waals surface area contributed by atoms with Gasteiger partial charge in [0.15, 0.2) is 0 Å². The van der Waals surface area contributed by atoms with Crippen LogP contribution in [0.1, 0.15) is 20.3 Å². The van der Waals surface area contributed by atoms with Crippen molar-refractivity contribution in [3.8, 4) is 0 Å². The van der Waals surface area contributed by atoms with Crippen LogP contribution in [0.3, 0.4) is 0 Å². The Hall–Kier alpha value is -0.570. The Morgan fingerprint density at radius 2 is 2.36 bits per heavy atom. The molecule has 1 amide bonds. The van der Waals surface area contributed by atoms with E-state index in [4.69, 9.17) is 5.11 Å². The maximum absolute atomic E-state index is 11.2. The van der Waals surface area contributed by atoms with E-state index in [1.54, 1.807) is 6.92 Å². The zero-order chi connectivity index (χ0) is 8.43. The molecule has 64 valence electrons. The average Bonchev–Trinajstić information content (AvgIpc) is 2.66. The van der Waals surface area contributed by atoms with Gasteiger partial charge in [0.1, 0.15) is 0 Å². The fourth-order valence-electron chi connectivity index (χ4n) is 1.08. The van der Waals surface area contributed by atoms with Gasteiger partial charge < -0.3 is 10.4 Å². The van der Waals surface area contributed by atoms with Crippen molar-refractivity contribution >= 4 is 5.91 Å². The Labute approximate surface area is 66.8 Å². The van der Waals surface area contributed by atoms with Crippen LogP contribution in [0.2, 0.25) is 0 Å². The molecule has 1 fully saturated rings. The van der Waals surface area contributed by atoms with E-state index in [1.807, 2.05) is 0 Å². The maximum atomic E-state index is 11.2. The Bertz CT molecular complexity index is 158. The first-order valence-electron chi connectivity index (χ1n) is 4.06. The van der Waals surface area contributed by atoms with E-state index in [0.29, 0.717) is 5.92 Å². The number of aliphatic hydroxyl groups is 1. The van der Waals surface area contributed by atoms with Gasteiger partial charge in [-0.1, -0.05) is 6.92 Å². The zero-order valence-corrected chi connectivity index (χ0v) is 7.00. The highest BCUT2D eigenvalue weighted by Gasteiger charge is 2.39. The summed E-state index contributed by atoms with van der Waals surface area (Å²) < 4.78 is 0. The van der Waals surface area contributed by atoms with Crippen LogP contribution < -0.4 is 5.32 Å². The molecule has 0 heterocycles. The predicted octanol–water partition coefficient (Wildman–Crippen LogP) is 0.139. The van der Waals surface area contributed by atoms with E-state index >= 15 is 0 Å². The van der Waals surface area contributed by atoms with Crippen LogP contribution in [-0.2, 0) is 4.79 Å². The number of carbonyl (C=O) groups excluding carboxylic acids is 1. The lowest BCUT2D eigenvalue weighted by molar-refractivity contribution is -0.123. The first-order chi connectivity index (χ1) is 5.15. The lowest BCUT2D eigenvalue weighted by Gasteiger charge is -2.09. The average molecular weight is 157 g/mol. The molecule has 0 aromatic carbocycles. The van der Waals surface area contributed by atoms with Crippen molar-refractivity contribution in [1.82, 2.24) is 5.32 Å². The highest BCUT2D eigenvalue weighted by molar-refractivity contribution is 5.81. The second-order valence-electron chi connectivity index (χ2n) is 3.41. The summed E-state index contributed by atoms with van der Waals surface area (Å²) in [5.74, 6) is 0.851. The third kappa shape index (κ3) is 2.19. The molecule has 2 unspecified atom stereocenters. The standard InChI is InChI=1S/C8H15NO2/c1-5-3-7(5)8(11)9-6(2)4-10/h5-7,10H,3-4H2,1-2H3,(H,9,11)/t5?,6-,7?/m1/s1. The molecule has 0 bridgehead atoms. The molecule has 3 nitrogen and oxygen atoms in total.